The molecule has 0 atom stereocenters. The summed E-state index contributed by atoms with van der Waals surface area (Å²) < 4.78 is 5.12. The normalized spacial score (nSPS) is 10.9. The lowest BCUT2D eigenvalue weighted by Crippen LogP contribution is -2.35. The van der Waals surface area contributed by atoms with Crippen molar-refractivity contribution in [3.05, 3.63) is 65.2 Å². The minimum Gasteiger partial charge on any atom is -0.444 e. The highest BCUT2D eigenvalue weighted by Crippen LogP contribution is 2.12. The summed E-state index contributed by atoms with van der Waals surface area (Å²) in [6, 6.07) is 15.5. The molecule has 0 saturated heterocycles. The fourth-order valence-electron chi connectivity index (χ4n) is 2.88. The molecule has 2 aromatic rings. The second-order valence-electron chi connectivity index (χ2n) is 8.69. The predicted octanol–water partition coefficient (Wildman–Crippen LogP) is 4.10. The van der Waals surface area contributed by atoms with Gasteiger partial charge in [0.1, 0.15) is 5.60 Å². The first-order valence-electron chi connectivity index (χ1n) is 10.8. The van der Waals surface area contributed by atoms with E-state index in [4.69, 9.17) is 4.74 Å². The highest BCUT2D eigenvalue weighted by molar-refractivity contribution is 5.90. The third kappa shape index (κ3) is 10.1. The van der Waals surface area contributed by atoms with Crippen molar-refractivity contribution in [2.45, 2.75) is 59.1 Å². The van der Waals surface area contributed by atoms with Gasteiger partial charge in [-0.15, -0.1) is 0 Å². The van der Waals surface area contributed by atoms with Crippen LogP contribution in [0.3, 0.4) is 0 Å². The molecule has 2 rings (SSSR count). The van der Waals surface area contributed by atoms with Crippen LogP contribution in [0, 0.1) is 6.92 Å². The van der Waals surface area contributed by atoms with Gasteiger partial charge in [0.25, 0.3) is 0 Å². The van der Waals surface area contributed by atoms with Gasteiger partial charge < -0.3 is 20.7 Å². The number of hydrogen-bond donors (Lipinski definition) is 3. The molecule has 0 fully saturated rings. The Bertz CT molecular complexity index is 918. The van der Waals surface area contributed by atoms with E-state index in [2.05, 4.69) is 16.0 Å². The summed E-state index contributed by atoms with van der Waals surface area (Å²) in [5.41, 5.74) is 3.31. The Balaban J connectivity index is 1.71. The Labute approximate surface area is 189 Å². The van der Waals surface area contributed by atoms with Crippen LogP contribution in [-0.2, 0) is 27.3 Å². The highest BCUT2D eigenvalue weighted by Gasteiger charge is 2.15. The average Bonchev–Trinajstić information content (AvgIpc) is 2.71. The smallest absolute Gasteiger partial charge is 0.407 e. The lowest BCUT2D eigenvalue weighted by molar-refractivity contribution is -0.121. The second kappa shape index (κ2) is 11.9. The van der Waals surface area contributed by atoms with Gasteiger partial charge in [0.05, 0.1) is 0 Å². The van der Waals surface area contributed by atoms with E-state index in [1.807, 2.05) is 55.5 Å². The first-order chi connectivity index (χ1) is 15.1. The number of ether oxygens (including phenoxy) is 1. The van der Waals surface area contributed by atoms with Crippen molar-refractivity contribution in [1.82, 2.24) is 10.6 Å². The average molecular weight is 440 g/mol. The molecule has 0 aliphatic carbocycles. The fourth-order valence-corrected chi connectivity index (χ4v) is 2.88. The number of nitrogens with one attached hydrogen (secondary N) is 3. The van der Waals surface area contributed by atoms with Gasteiger partial charge in [0.2, 0.25) is 11.8 Å². The molecule has 3 amide bonds. The molecular weight excluding hydrogens is 406 g/mol. The molecule has 172 valence electrons. The quantitative estimate of drug-likeness (QED) is 0.548. The molecule has 0 saturated carbocycles. The van der Waals surface area contributed by atoms with Crippen molar-refractivity contribution in [3.63, 3.8) is 0 Å². The number of anilines is 1. The zero-order valence-electron chi connectivity index (χ0n) is 19.3. The summed E-state index contributed by atoms with van der Waals surface area (Å²) in [4.78, 5) is 35.9. The monoisotopic (exact) mass is 439 g/mol. The Morgan fingerprint density at radius 1 is 0.875 bits per heavy atom. The predicted molar refractivity (Wildman–Crippen MR) is 125 cm³/mol. The number of rotatable bonds is 9. The van der Waals surface area contributed by atoms with Crippen LogP contribution >= 0.6 is 0 Å². The molecule has 3 N–H and O–H groups in total. The van der Waals surface area contributed by atoms with Crippen LogP contribution in [0.2, 0.25) is 0 Å². The SMILES string of the molecule is Cc1ccc(CCC(=O)Nc2cccc(CNC(=O)CCNC(=O)OC(C)(C)C)c2)cc1. The molecule has 0 spiro atoms. The van der Waals surface area contributed by atoms with Crippen molar-refractivity contribution >= 4 is 23.6 Å². The first-order valence-corrected chi connectivity index (χ1v) is 10.8. The number of amides is 3. The van der Waals surface area contributed by atoms with Gasteiger partial charge in [0, 0.05) is 31.6 Å². The zero-order valence-corrected chi connectivity index (χ0v) is 19.3. The number of carbonyl (C=O) groups excluding carboxylic acids is 3. The van der Waals surface area contributed by atoms with Crippen molar-refractivity contribution in [1.29, 1.82) is 0 Å². The van der Waals surface area contributed by atoms with Gasteiger partial charge in [-0.05, 0) is 57.4 Å². The van der Waals surface area contributed by atoms with E-state index in [0.717, 1.165) is 11.1 Å². The summed E-state index contributed by atoms with van der Waals surface area (Å²) in [6.07, 6.45) is 0.679. The third-order valence-electron chi connectivity index (χ3n) is 4.48. The Morgan fingerprint density at radius 3 is 2.28 bits per heavy atom. The molecule has 0 heterocycles. The minimum atomic E-state index is -0.576. The molecule has 0 unspecified atom stereocenters. The number of benzene rings is 2. The summed E-state index contributed by atoms with van der Waals surface area (Å²) in [7, 11) is 0. The van der Waals surface area contributed by atoms with Gasteiger partial charge in [-0.3, -0.25) is 9.59 Å². The molecule has 7 heteroatoms. The molecule has 0 radical (unpaired) electrons. The van der Waals surface area contributed by atoms with Crippen LogP contribution < -0.4 is 16.0 Å². The van der Waals surface area contributed by atoms with Crippen molar-refractivity contribution in [2.75, 3.05) is 11.9 Å². The van der Waals surface area contributed by atoms with Crippen LogP contribution in [-0.4, -0.2) is 30.1 Å². The van der Waals surface area contributed by atoms with E-state index in [0.29, 0.717) is 25.1 Å². The van der Waals surface area contributed by atoms with Crippen LogP contribution in [0.5, 0.6) is 0 Å². The maximum Gasteiger partial charge on any atom is 0.407 e. The van der Waals surface area contributed by atoms with Gasteiger partial charge in [0.15, 0.2) is 0 Å². The van der Waals surface area contributed by atoms with Gasteiger partial charge in [-0.25, -0.2) is 4.79 Å². The van der Waals surface area contributed by atoms with E-state index < -0.39 is 11.7 Å². The fraction of sp³-hybridized carbons (Fsp3) is 0.400. The summed E-state index contributed by atoms with van der Waals surface area (Å²) in [6.45, 7) is 7.89. The van der Waals surface area contributed by atoms with E-state index in [1.165, 1.54) is 5.56 Å². The molecule has 0 aliphatic rings. The zero-order chi connectivity index (χ0) is 23.6. The number of aryl methyl sites for hydroxylation is 2. The van der Waals surface area contributed by atoms with Crippen LogP contribution in [0.4, 0.5) is 10.5 Å². The molecule has 0 bridgehead atoms. The topological polar surface area (TPSA) is 96.5 Å². The van der Waals surface area contributed by atoms with Crippen LogP contribution in [0.1, 0.15) is 50.3 Å². The molecule has 7 nitrogen and oxygen atoms in total. The third-order valence-corrected chi connectivity index (χ3v) is 4.48. The number of hydrogen-bond acceptors (Lipinski definition) is 4. The molecule has 32 heavy (non-hydrogen) atoms. The molecular formula is C25H33N3O4. The lowest BCUT2D eigenvalue weighted by atomic mass is 10.1. The Morgan fingerprint density at radius 2 is 1.59 bits per heavy atom. The maximum absolute atomic E-state index is 12.3. The summed E-state index contributed by atoms with van der Waals surface area (Å²) in [5.74, 6) is -0.242. The first kappa shape index (κ1) is 24.9. The lowest BCUT2D eigenvalue weighted by Gasteiger charge is -2.19. The van der Waals surface area contributed by atoms with E-state index in [9.17, 15) is 14.4 Å². The standard InChI is InChI=1S/C25H33N3O4/c1-18-8-10-19(11-9-18)12-13-23(30)28-21-7-5-6-20(16-21)17-27-22(29)14-15-26-24(31)32-25(2,3)4/h5-11,16H,12-15,17H2,1-4H3,(H,26,31)(H,27,29)(H,28,30). The Kier molecular flexibility index (Phi) is 9.25. The van der Waals surface area contributed by atoms with Crippen LogP contribution in [0.25, 0.3) is 0 Å². The van der Waals surface area contributed by atoms with Gasteiger partial charge in [-0.2, -0.15) is 0 Å². The van der Waals surface area contributed by atoms with Gasteiger partial charge in [-0.1, -0.05) is 42.0 Å². The van der Waals surface area contributed by atoms with Crippen molar-refractivity contribution < 1.29 is 19.1 Å². The van der Waals surface area contributed by atoms with Gasteiger partial charge >= 0.3 is 6.09 Å². The highest BCUT2D eigenvalue weighted by atomic mass is 16.6. The summed E-state index contributed by atoms with van der Waals surface area (Å²) in [5, 5.41) is 8.27. The second-order valence-corrected chi connectivity index (χ2v) is 8.69. The minimum absolute atomic E-state index is 0.0556. The van der Waals surface area contributed by atoms with Crippen LogP contribution in [0.15, 0.2) is 48.5 Å². The largest absolute Gasteiger partial charge is 0.444 e. The maximum atomic E-state index is 12.3. The number of alkyl carbamates (subject to hydrolysis) is 1. The van der Waals surface area contributed by atoms with Crippen molar-refractivity contribution in [2.24, 2.45) is 0 Å². The number of carbonyl (C=O) groups is 3. The molecule has 2 aromatic carbocycles. The Hall–Kier alpha value is -3.35. The molecule has 0 aliphatic heterocycles. The van der Waals surface area contributed by atoms with Crippen molar-refractivity contribution in [3.8, 4) is 0 Å². The summed E-state index contributed by atoms with van der Waals surface area (Å²) >= 11 is 0. The molecule has 0 aromatic heterocycles. The van der Waals surface area contributed by atoms with E-state index in [-0.39, 0.29) is 24.8 Å². The van der Waals surface area contributed by atoms with E-state index in [1.54, 1.807) is 20.8 Å². The van der Waals surface area contributed by atoms with E-state index >= 15 is 0 Å².